The maximum Gasteiger partial charge on any atom is 0.296 e. The van der Waals surface area contributed by atoms with E-state index in [4.69, 9.17) is 0 Å². The lowest BCUT2D eigenvalue weighted by Crippen LogP contribution is -2.53. The molecule has 0 saturated heterocycles. The first-order valence-corrected chi connectivity index (χ1v) is 6.97. The van der Waals surface area contributed by atoms with Gasteiger partial charge in [-0.05, 0) is 17.7 Å². The molecule has 1 aliphatic rings. The van der Waals surface area contributed by atoms with E-state index in [2.05, 4.69) is 5.32 Å². The van der Waals surface area contributed by atoms with Crippen LogP contribution in [0.4, 0.5) is 4.39 Å². The lowest BCUT2D eigenvalue weighted by atomic mass is 9.82. The first-order chi connectivity index (χ1) is 11.1. The van der Waals surface area contributed by atoms with Gasteiger partial charge in [0.1, 0.15) is 17.5 Å². The molecule has 0 aliphatic carbocycles. The standard InChI is InChI=1S/C17H12FN3O2/c18-12-6-4-11(5-7-12)14-13(10-19)16(22)20-17(23)15(14)21-8-2-1-3-9-21/h1-9,14-15H,(H-,20,22,23)/p+1. The van der Waals surface area contributed by atoms with E-state index in [0.717, 1.165) is 0 Å². The summed E-state index contributed by atoms with van der Waals surface area (Å²) in [5.74, 6) is -2.02. The van der Waals surface area contributed by atoms with Crippen molar-refractivity contribution in [3.05, 3.63) is 77.7 Å². The highest BCUT2D eigenvalue weighted by Gasteiger charge is 2.45. The summed E-state index contributed by atoms with van der Waals surface area (Å²) >= 11 is 0. The minimum Gasteiger partial charge on any atom is -0.494 e. The maximum absolute atomic E-state index is 13.2. The van der Waals surface area contributed by atoms with Crippen molar-refractivity contribution in [1.82, 2.24) is 5.32 Å². The molecule has 2 unspecified atom stereocenters. The van der Waals surface area contributed by atoms with E-state index in [1.54, 1.807) is 29.1 Å². The van der Waals surface area contributed by atoms with Crippen molar-refractivity contribution < 1.29 is 18.9 Å². The van der Waals surface area contributed by atoms with E-state index in [-0.39, 0.29) is 5.57 Å². The fourth-order valence-corrected chi connectivity index (χ4v) is 2.76. The first kappa shape index (κ1) is 14.7. The molecule has 1 aromatic carbocycles. The summed E-state index contributed by atoms with van der Waals surface area (Å²) in [5.41, 5.74) is 0.614. The molecular weight excluding hydrogens is 297 g/mol. The molecule has 1 amide bonds. The zero-order valence-electron chi connectivity index (χ0n) is 12.0. The number of nitrogens with one attached hydrogen (secondary N) is 1. The minimum atomic E-state index is -0.757. The van der Waals surface area contributed by atoms with Gasteiger partial charge in [0.15, 0.2) is 12.4 Å². The Labute approximate surface area is 131 Å². The lowest BCUT2D eigenvalue weighted by molar-refractivity contribution is -0.711. The highest BCUT2D eigenvalue weighted by molar-refractivity contribution is 5.84. The third-order valence-corrected chi connectivity index (χ3v) is 3.80. The summed E-state index contributed by atoms with van der Waals surface area (Å²) in [6.07, 6.45) is 3.41. The van der Waals surface area contributed by atoms with Gasteiger partial charge in [-0.25, -0.2) is 4.39 Å². The number of allylic oxidation sites excluding steroid dienone is 1. The Bertz CT molecular complexity index is 810. The number of benzene rings is 1. The molecule has 2 N–H and O–H groups in total. The lowest BCUT2D eigenvalue weighted by Gasteiger charge is -2.27. The maximum atomic E-state index is 13.2. The van der Waals surface area contributed by atoms with Crippen LogP contribution in [0.15, 0.2) is 66.3 Å². The van der Waals surface area contributed by atoms with Gasteiger partial charge in [0.05, 0.1) is 5.92 Å². The van der Waals surface area contributed by atoms with Crippen LogP contribution in [0, 0.1) is 17.1 Å². The molecular formula is C17H13FN3O2+. The number of nitriles is 1. The zero-order chi connectivity index (χ0) is 16.4. The molecule has 5 nitrogen and oxygen atoms in total. The minimum absolute atomic E-state index is 0.0394. The number of nitrogens with zero attached hydrogens (tertiary/aromatic N) is 2. The summed E-state index contributed by atoms with van der Waals surface area (Å²) in [5, 5.41) is 21.6. The van der Waals surface area contributed by atoms with Crippen LogP contribution in [-0.4, -0.2) is 11.0 Å². The number of rotatable bonds is 2. The Balaban J connectivity index is 2.18. The van der Waals surface area contributed by atoms with E-state index in [0.29, 0.717) is 5.56 Å². The van der Waals surface area contributed by atoms with Gasteiger partial charge in [-0.15, -0.1) is 0 Å². The van der Waals surface area contributed by atoms with Gasteiger partial charge in [0, 0.05) is 12.1 Å². The molecule has 114 valence electrons. The van der Waals surface area contributed by atoms with Gasteiger partial charge in [-0.2, -0.15) is 9.83 Å². The number of aliphatic hydroxyl groups excluding tert-OH is 1. The van der Waals surface area contributed by atoms with Crippen LogP contribution in [0.25, 0.3) is 0 Å². The molecule has 2 atom stereocenters. The molecule has 0 radical (unpaired) electrons. The van der Waals surface area contributed by atoms with Crippen LogP contribution in [0.3, 0.4) is 0 Å². The van der Waals surface area contributed by atoms with Crippen LogP contribution >= 0.6 is 0 Å². The van der Waals surface area contributed by atoms with Crippen LogP contribution in [-0.2, 0) is 4.79 Å². The largest absolute Gasteiger partial charge is 0.494 e. The summed E-state index contributed by atoms with van der Waals surface area (Å²) in [6, 6.07) is 12.1. The SMILES string of the molecule is N#CC1=C(O)NC(=O)C([n+]2ccccc2)C1c1ccc(F)cc1. The predicted molar refractivity (Wildman–Crippen MR) is 78.2 cm³/mol. The second-order valence-electron chi connectivity index (χ2n) is 5.16. The topological polar surface area (TPSA) is 77.0 Å². The van der Waals surface area contributed by atoms with Gasteiger partial charge < -0.3 is 5.11 Å². The smallest absolute Gasteiger partial charge is 0.296 e. The van der Waals surface area contributed by atoms with Crippen molar-refractivity contribution in [3.8, 4) is 6.07 Å². The van der Waals surface area contributed by atoms with Gasteiger partial charge in [-0.3, -0.25) is 10.1 Å². The Morgan fingerprint density at radius 3 is 2.43 bits per heavy atom. The molecule has 1 aromatic heterocycles. The van der Waals surface area contributed by atoms with Crippen LogP contribution < -0.4 is 9.88 Å². The highest BCUT2D eigenvalue weighted by Crippen LogP contribution is 2.36. The van der Waals surface area contributed by atoms with Crippen molar-refractivity contribution in [1.29, 1.82) is 5.26 Å². The molecule has 0 fully saturated rings. The molecule has 1 aliphatic heterocycles. The molecule has 2 heterocycles. The third kappa shape index (κ3) is 2.64. The van der Waals surface area contributed by atoms with Crippen molar-refractivity contribution in [2.45, 2.75) is 12.0 Å². The monoisotopic (exact) mass is 310 g/mol. The van der Waals surface area contributed by atoms with Crippen molar-refractivity contribution in [2.24, 2.45) is 0 Å². The van der Waals surface area contributed by atoms with Crippen LogP contribution in [0.5, 0.6) is 0 Å². The number of aliphatic hydroxyl groups is 1. The molecule has 0 saturated carbocycles. The molecule has 0 bridgehead atoms. The molecule has 2 aromatic rings. The number of hydrogen-bond acceptors (Lipinski definition) is 3. The number of halogens is 1. The summed E-state index contributed by atoms with van der Waals surface area (Å²) in [6.45, 7) is 0. The second-order valence-corrected chi connectivity index (χ2v) is 5.16. The van der Waals surface area contributed by atoms with E-state index < -0.39 is 29.6 Å². The van der Waals surface area contributed by atoms with E-state index in [9.17, 15) is 19.6 Å². The number of aromatic nitrogens is 1. The fraction of sp³-hybridized carbons (Fsp3) is 0.118. The Hall–Kier alpha value is -3.20. The fourth-order valence-electron chi connectivity index (χ4n) is 2.76. The average Bonchev–Trinajstić information content (AvgIpc) is 2.56. The second kappa shape index (κ2) is 5.89. The molecule has 3 rings (SSSR count). The van der Waals surface area contributed by atoms with Crippen LogP contribution in [0.2, 0.25) is 0 Å². The van der Waals surface area contributed by atoms with E-state index >= 15 is 0 Å². The van der Waals surface area contributed by atoms with Crippen LogP contribution in [0.1, 0.15) is 17.5 Å². The number of pyridine rings is 1. The summed E-state index contributed by atoms with van der Waals surface area (Å²) in [4.78, 5) is 12.4. The van der Waals surface area contributed by atoms with Gasteiger partial charge in [0.25, 0.3) is 5.91 Å². The molecule has 0 spiro atoms. The predicted octanol–water partition coefficient (Wildman–Crippen LogP) is 1.86. The first-order valence-electron chi connectivity index (χ1n) is 6.97. The Kier molecular flexibility index (Phi) is 3.77. The normalized spacial score (nSPS) is 20.8. The quantitative estimate of drug-likeness (QED) is 0.831. The molecule has 6 heteroatoms. The Morgan fingerprint density at radius 1 is 1.17 bits per heavy atom. The summed E-state index contributed by atoms with van der Waals surface area (Å²) in [7, 11) is 0. The highest BCUT2D eigenvalue weighted by atomic mass is 19.1. The summed E-state index contributed by atoms with van der Waals surface area (Å²) < 4.78 is 14.9. The van der Waals surface area contributed by atoms with Gasteiger partial charge in [-0.1, -0.05) is 18.2 Å². The van der Waals surface area contributed by atoms with Gasteiger partial charge >= 0.3 is 0 Å². The van der Waals surface area contributed by atoms with Crippen molar-refractivity contribution in [2.75, 3.05) is 0 Å². The molecule has 23 heavy (non-hydrogen) atoms. The van der Waals surface area contributed by atoms with Crippen molar-refractivity contribution >= 4 is 5.91 Å². The Morgan fingerprint density at radius 2 is 1.83 bits per heavy atom. The van der Waals surface area contributed by atoms with Crippen molar-refractivity contribution in [3.63, 3.8) is 0 Å². The van der Waals surface area contributed by atoms with E-state index in [1.807, 2.05) is 12.1 Å². The zero-order valence-corrected chi connectivity index (χ0v) is 12.0. The van der Waals surface area contributed by atoms with Gasteiger partial charge in [0.2, 0.25) is 11.9 Å². The number of carbonyl (C=O) groups is 1. The average molecular weight is 310 g/mol. The third-order valence-electron chi connectivity index (χ3n) is 3.80. The number of carbonyl (C=O) groups excluding carboxylic acids is 1. The number of amides is 1. The van der Waals surface area contributed by atoms with E-state index in [1.165, 1.54) is 24.3 Å². The number of hydrogen-bond donors (Lipinski definition) is 2.